The summed E-state index contributed by atoms with van der Waals surface area (Å²) in [6, 6.07) is 6.86. The number of nitrogens with one attached hydrogen (secondary N) is 1. The molecule has 2 rings (SSSR count). The maximum atomic E-state index is 11.3. The minimum Gasteiger partial charge on any atom is -0.382 e. The molecule has 0 amide bonds. The van der Waals surface area contributed by atoms with Gasteiger partial charge in [-0.1, -0.05) is 22.9 Å². The normalized spacial score (nSPS) is 24.6. The summed E-state index contributed by atoms with van der Waals surface area (Å²) in [6.45, 7) is 2.17. The molecule has 0 aliphatic carbocycles. The molecule has 1 aromatic rings. The average molecular weight is 316 g/mol. The van der Waals surface area contributed by atoms with E-state index in [4.69, 9.17) is 0 Å². The monoisotopic (exact) mass is 315 g/mol. The van der Waals surface area contributed by atoms with Crippen LogP contribution in [0.1, 0.15) is 25.3 Å². The highest BCUT2D eigenvalue weighted by Gasteiger charge is 2.18. The van der Waals surface area contributed by atoms with Gasteiger partial charge in [0.05, 0.1) is 0 Å². The van der Waals surface area contributed by atoms with Gasteiger partial charge in [-0.25, -0.2) is 0 Å². The Morgan fingerprint density at radius 3 is 2.76 bits per heavy atom. The molecule has 1 aromatic carbocycles. The molecular formula is C13H18BrNOS. The Kier molecular flexibility index (Phi) is 4.62. The van der Waals surface area contributed by atoms with Gasteiger partial charge < -0.3 is 5.32 Å². The number of hydrogen-bond acceptors (Lipinski definition) is 2. The van der Waals surface area contributed by atoms with Gasteiger partial charge in [-0.2, -0.15) is 0 Å². The fourth-order valence-electron chi connectivity index (χ4n) is 2.15. The maximum absolute atomic E-state index is 11.3. The van der Waals surface area contributed by atoms with E-state index in [1.165, 1.54) is 11.3 Å². The minimum atomic E-state index is -0.577. The van der Waals surface area contributed by atoms with Crippen molar-refractivity contribution >= 4 is 32.4 Å². The smallest absolute Gasteiger partial charge is 0.0375 e. The van der Waals surface area contributed by atoms with Crippen LogP contribution in [0.15, 0.2) is 22.7 Å². The van der Waals surface area contributed by atoms with E-state index < -0.39 is 10.8 Å². The Morgan fingerprint density at radius 2 is 2.12 bits per heavy atom. The van der Waals surface area contributed by atoms with Gasteiger partial charge >= 0.3 is 0 Å². The van der Waals surface area contributed by atoms with Gasteiger partial charge in [-0.3, -0.25) is 4.21 Å². The molecule has 0 aromatic heterocycles. The van der Waals surface area contributed by atoms with Crippen molar-refractivity contribution in [2.75, 3.05) is 16.8 Å². The topological polar surface area (TPSA) is 29.1 Å². The van der Waals surface area contributed by atoms with Crippen molar-refractivity contribution in [3.8, 4) is 0 Å². The van der Waals surface area contributed by atoms with E-state index in [0.29, 0.717) is 6.04 Å². The van der Waals surface area contributed by atoms with E-state index in [1.54, 1.807) is 0 Å². The van der Waals surface area contributed by atoms with Gasteiger partial charge in [0.1, 0.15) is 0 Å². The summed E-state index contributed by atoms with van der Waals surface area (Å²) in [5.74, 6) is 1.69. The van der Waals surface area contributed by atoms with Crippen LogP contribution in [0.2, 0.25) is 0 Å². The van der Waals surface area contributed by atoms with Gasteiger partial charge in [0.2, 0.25) is 0 Å². The average Bonchev–Trinajstić information content (AvgIpc) is 2.34. The van der Waals surface area contributed by atoms with Crippen molar-refractivity contribution in [2.24, 2.45) is 0 Å². The van der Waals surface area contributed by atoms with E-state index >= 15 is 0 Å². The van der Waals surface area contributed by atoms with E-state index in [1.807, 2.05) is 0 Å². The maximum Gasteiger partial charge on any atom is 0.0375 e. The van der Waals surface area contributed by atoms with Crippen molar-refractivity contribution in [1.29, 1.82) is 0 Å². The molecule has 0 bridgehead atoms. The molecule has 1 fully saturated rings. The molecule has 4 heteroatoms. The van der Waals surface area contributed by atoms with Gasteiger partial charge in [-0.15, -0.1) is 0 Å². The second kappa shape index (κ2) is 6.01. The lowest BCUT2D eigenvalue weighted by Crippen LogP contribution is -2.29. The number of halogens is 1. The Hall–Kier alpha value is -0.350. The summed E-state index contributed by atoms with van der Waals surface area (Å²) in [4.78, 5) is 0. The molecular weight excluding hydrogens is 298 g/mol. The molecule has 1 aliphatic rings. The predicted molar refractivity (Wildman–Crippen MR) is 78.0 cm³/mol. The first-order valence-corrected chi connectivity index (χ1v) is 8.37. The molecule has 0 unspecified atom stereocenters. The fraction of sp³-hybridized carbons (Fsp3) is 0.538. The SMILES string of the molecule is CCc1cc(Br)ccc1NC1CCS(=O)CC1. The van der Waals surface area contributed by atoms with Crippen molar-refractivity contribution < 1.29 is 4.21 Å². The van der Waals surface area contributed by atoms with E-state index in [2.05, 4.69) is 46.4 Å². The van der Waals surface area contributed by atoms with Crippen molar-refractivity contribution in [3.05, 3.63) is 28.2 Å². The summed E-state index contributed by atoms with van der Waals surface area (Å²) in [5.41, 5.74) is 2.57. The first kappa shape index (κ1) is 13.1. The van der Waals surface area contributed by atoms with Crippen LogP contribution in [0.3, 0.4) is 0 Å². The number of rotatable bonds is 3. The first-order valence-electron chi connectivity index (χ1n) is 6.09. The van der Waals surface area contributed by atoms with Crippen LogP contribution in [-0.2, 0) is 17.2 Å². The zero-order valence-corrected chi connectivity index (χ0v) is 12.4. The summed E-state index contributed by atoms with van der Waals surface area (Å²) in [7, 11) is -0.577. The largest absolute Gasteiger partial charge is 0.382 e. The lowest BCUT2D eigenvalue weighted by molar-refractivity contribution is 0.623. The predicted octanol–water partition coefficient (Wildman–Crippen LogP) is 3.33. The van der Waals surface area contributed by atoms with E-state index in [9.17, 15) is 4.21 Å². The Morgan fingerprint density at radius 1 is 1.41 bits per heavy atom. The second-order valence-electron chi connectivity index (χ2n) is 4.42. The van der Waals surface area contributed by atoms with Gasteiger partial charge in [0, 0.05) is 38.5 Å². The van der Waals surface area contributed by atoms with Crippen LogP contribution < -0.4 is 5.32 Å². The Balaban J connectivity index is 2.05. The molecule has 0 spiro atoms. The summed E-state index contributed by atoms with van der Waals surface area (Å²) >= 11 is 3.50. The summed E-state index contributed by atoms with van der Waals surface area (Å²) in [6.07, 6.45) is 3.07. The third-order valence-corrected chi connectivity index (χ3v) is 5.07. The number of hydrogen-bond donors (Lipinski definition) is 1. The van der Waals surface area contributed by atoms with Crippen molar-refractivity contribution in [2.45, 2.75) is 32.2 Å². The van der Waals surface area contributed by atoms with Gasteiger partial charge in [-0.05, 0) is 43.0 Å². The summed E-state index contributed by atoms with van der Waals surface area (Å²) in [5, 5.41) is 3.59. The molecule has 1 aliphatic heterocycles. The standard InChI is InChI=1S/C13H18BrNOS/c1-2-10-9-11(14)3-4-13(10)15-12-5-7-17(16)8-6-12/h3-4,9,12,15H,2,5-8H2,1H3. The van der Waals surface area contributed by atoms with Crippen molar-refractivity contribution in [3.63, 3.8) is 0 Å². The molecule has 1 saturated heterocycles. The lowest BCUT2D eigenvalue weighted by Gasteiger charge is -2.25. The molecule has 94 valence electrons. The molecule has 2 nitrogen and oxygen atoms in total. The second-order valence-corrected chi connectivity index (χ2v) is 7.03. The van der Waals surface area contributed by atoms with Gasteiger partial charge in [0.25, 0.3) is 0 Å². The minimum absolute atomic E-state index is 0.485. The quantitative estimate of drug-likeness (QED) is 0.927. The first-order chi connectivity index (χ1) is 8.19. The van der Waals surface area contributed by atoms with Crippen LogP contribution in [0.5, 0.6) is 0 Å². The number of benzene rings is 1. The highest BCUT2D eigenvalue weighted by Crippen LogP contribution is 2.24. The van der Waals surface area contributed by atoms with Crippen LogP contribution in [0.4, 0.5) is 5.69 Å². The Labute approximate surface area is 114 Å². The van der Waals surface area contributed by atoms with E-state index in [-0.39, 0.29) is 0 Å². The van der Waals surface area contributed by atoms with Crippen LogP contribution in [0.25, 0.3) is 0 Å². The highest BCUT2D eigenvalue weighted by atomic mass is 79.9. The third-order valence-electron chi connectivity index (χ3n) is 3.20. The summed E-state index contributed by atoms with van der Waals surface area (Å²) < 4.78 is 12.4. The third kappa shape index (κ3) is 3.55. The van der Waals surface area contributed by atoms with Crippen LogP contribution in [-0.4, -0.2) is 21.8 Å². The van der Waals surface area contributed by atoms with Crippen LogP contribution in [0, 0.1) is 0 Å². The molecule has 1 N–H and O–H groups in total. The zero-order valence-electron chi connectivity index (χ0n) is 10.0. The number of aryl methyl sites for hydroxylation is 1. The van der Waals surface area contributed by atoms with Gasteiger partial charge in [0.15, 0.2) is 0 Å². The van der Waals surface area contributed by atoms with E-state index in [0.717, 1.165) is 35.2 Å². The highest BCUT2D eigenvalue weighted by molar-refractivity contribution is 9.10. The zero-order chi connectivity index (χ0) is 12.3. The number of anilines is 1. The molecule has 17 heavy (non-hydrogen) atoms. The lowest BCUT2D eigenvalue weighted by atomic mass is 10.1. The molecule has 0 saturated carbocycles. The molecule has 0 atom stereocenters. The van der Waals surface area contributed by atoms with Crippen LogP contribution >= 0.6 is 15.9 Å². The molecule has 0 radical (unpaired) electrons. The van der Waals surface area contributed by atoms with Crippen molar-refractivity contribution in [1.82, 2.24) is 0 Å². The molecule has 1 heterocycles. The fourth-order valence-corrected chi connectivity index (χ4v) is 3.86. The Bertz CT molecular complexity index is 412.